The molecule has 0 bridgehead atoms. The van der Waals surface area contributed by atoms with Crippen LogP contribution in [0.1, 0.15) is 36.5 Å². The lowest BCUT2D eigenvalue weighted by Crippen LogP contribution is -2.58. The molecule has 0 unspecified atom stereocenters. The zero-order valence-electron chi connectivity index (χ0n) is 16.1. The van der Waals surface area contributed by atoms with Gasteiger partial charge in [0.15, 0.2) is 6.04 Å². The fourth-order valence-electron chi connectivity index (χ4n) is 4.54. The molecule has 0 aromatic heterocycles. The number of carbonyl (C=O) groups is 2. The van der Waals surface area contributed by atoms with Crippen LogP contribution in [-0.2, 0) is 9.53 Å². The molecule has 4 rings (SSSR count). The van der Waals surface area contributed by atoms with Crippen LogP contribution in [0.3, 0.4) is 0 Å². The average Bonchev–Trinajstić information content (AvgIpc) is 3.08. The van der Waals surface area contributed by atoms with Gasteiger partial charge in [0.05, 0.1) is 6.61 Å². The van der Waals surface area contributed by atoms with Crippen molar-refractivity contribution in [2.24, 2.45) is 0 Å². The van der Waals surface area contributed by atoms with Gasteiger partial charge >= 0.3 is 5.97 Å². The number of rotatable bonds is 4. The Bertz CT molecular complexity index is 884. The third-order valence-electron chi connectivity index (χ3n) is 5.96. The number of carbonyl (C=O) groups excluding carboxylic acids is 1. The van der Waals surface area contributed by atoms with E-state index in [0.717, 1.165) is 36.8 Å². The first kappa shape index (κ1) is 18.9. The first-order valence-electron chi connectivity index (χ1n) is 9.96. The van der Waals surface area contributed by atoms with E-state index in [0.29, 0.717) is 18.4 Å². The lowest BCUT2D eigenvalue weighted by Gasteiger charge is -2.44. The van der Waals surface area contributed by atoms with Gasteiger partial charge in [0.1, 0.15) is 5.72 Å². The second-order valence-electron chi connectivity index (χ2n) is 7.65. The highest BCUT2D eigenvalue weighted by atomic mass is 16.5. The SMILES string of the molecule is CCCN1CCC2(CC1)OC[C@@H](C(=O)O)N2C(=O)c1cccc2ccccc12. The Morgan fingerprint density at radius 3 is 2.57 bits per heavy atom. The first-order valence-corrected chi connectivity index (χ1v) is 9.96. The lowest BCUT2D eigenvalue weighted by atomic mass is 9.95. The van der Waals surface area contributed by atoms with Crippen LogP contribution in [0.2, 0.25) is 0 Å². The molecular formula is C22H26N2O4. The van der Waals surface area contributed by atoms with Gasteiger partial charge in [0.2, 0.25) is 0 Å². The fourth-order valence-corrected chi connectivity index (χ4v) is 4.54. The van der Waals surface area contributed by atoms with Gasteiger partial charge in [-0.15, -0.1) is 0 Å². The number of likely N-dealkylation sites (tertiary alicyclic amines) is 1. The molecule has 2 saturated heterocycles. The van der Waals surface area contributed by atoms with Crippen LogP contribution in [0.25, 0.3) is 10.8 Å². The van der Waals surface area contributed by atoms with Crippen LogP contribution in [0.15, 0.2) is 42.5 Å². The number of ether oxygens (including phenoxy) is 1. The van der Waals surface area contributed by atoms with Crippen molar-refractivity contribution in [1.29, 1.82) is 0 Å². The minimum absolute atomic E-state index is 0.0413. The molecule has 2 aliphatic heterocycles. The van der Waals surface area contributed by atoms with Crippen molar-refractivity contribution in [2.75, 3.05) is 26.2 Å². The molecule has 28 heavy (non-hydrogen) atoms. The highest BCUT2D eigenvalue weighted by Crippen LogP contribution is 2.39. The summed E-state index contributed by atoms with van der Waals surface area (Å²) in [5.74, 6) is -1.27. The molecule has 1 atom stereocenters. The van der Waals surface area contributed by atoms with Gasteiger partial charge in [-0.2, -0.15) is 0 Å². The normalized spacial score (nSPS) is 22.0. The number of carboxylic acids is 1. The smallest absolute Gasteiger partial charge is 0.328 e. The molecule has 0 radical (unpaired) electrons. The summed E-state index contributed by atoms with van der Waals surface area (Å²) in [6.45, 7) is 4.81. The molecule has 0 saturated carbocycles. The van der Waals surface area contributed by atoms with Crippen LogP contribution in [0.5, 0.6) is 0 Å². The minimum Gasteiger partial charge on any atom is -0.480 e. The molecule has 6 nitrogen and oxygen atoms in total. The highest BCUT2D eigenvalue weighted by Gasteiger charge is 2.54. The standard InChI is InChI=1S/C22H26N2O4/c1-2-12-23-13-10-22(11-14-23)24(19(15-28-22)21(26)27)20(25)18-9-5-7-16-6-3-4-8-17(16)18/h3-9,19H,2,10-15H2,1H3,(H,26,27)/t19-/m0/s1. The van der Waals surface area contributed by atoms with Crippen molar-refractivity contribution in [3.05, 3.63) is 48.0 Å². The molecule has 0 aliphatic carbocycles. The van der Waals surface area contributed by atoms with Crippen LogP contribution in [-0.4, -0.2) is 64.8 Å². The molecule has 2 aromatic rings. The molecule has 1 amide bonds. The van der Waals surface area contributed by atoms with Gasteiger partial charge in [-0.05, 0) is 29.8 Å². The lowest BCUT2D eigenvalue weighted by molar-refractivity contribution is -0.143. The molecule has 1 N–H and O–H groups in total. The van der Waals surface area contributed by atoms with E-state index < -0.39 is 17.7 Å². The van der Waals surface area contributed by atoms with E-state index in [-0.39, 0.29) is 12.5 Å². The Kier molecular flexibility index (Phi) is 5.08. The van der Waals surface area contributed by atoms with Gasteiger partial charge in [0, 0.05) is 31.5 Å². The maximum absolute atomic E-state index is 13.6. The summed E-state index contributed by atoms with van der Waals surface area (Å²) in [5.41, 5.74) is -0.299. The second-order valence-corrected chi connectivity index (χ2v) is 7.65. The van der Waals surface area contributed by atoms with Crippen LogP contribution >= 0.6 is 0 Å². The van der Waals surface area contributed by atoms with Crippen molar-refractivity contribution in [2.45, 2.75) is 38.0 Å². The Balaban J connectivity index is 1.71. The number of carboxylic acid groups (broad SMARTS) is 1. The maximum atomic E-state index is 13.6. The fraction of sp³-hybridized carbons (Fsp3) is 0.455. The highest BCUT2D eigenvalue weighted by molar-refractivity contribution is 6.08. The Hall–Kier alpha value is -2.44. The van der Waals surface area contributed by atoms with Gasteiger partial charge < -0.3 is 14.7 Å². The Morgan fingerprint density at radius 2 is 1.86 bits per heavy atom. The largest absolute Gasteiger partial charge is 0.480 e. The van der Waals surface area contributed by atoms with Crippen LogP contribution in [0.4, 0.5) is 0 Å². The summed E-state index contributed by atoms with van der Waals surface area (Å²) in [6.07, 6.45) is 2.34. The number of hydrogen-bond donors (Lipinski definition) is 1. The van der Waals surface area contributed by atoms with Crippen molar-refractivity contribution >= 4 is 22.6 Å². The van der Waals surface area contributed by atoms with E-state index in [9.17, 15) is 14.7 Å². The molecule has 6 heteroatoms. The van der Waals surface area contributed by atoms with E-state index in [1.807, 2.05) is 36.4 Å². The summed E-state index contributed by atoms with van der Waals surface area (Å²) < 4.78 is 6.05. The summed E-state index contributed by atoms with van der Waals surface area (Å²) in [7, 11) is 0. The van der Waals surface area contributed by atoms with Crippen LogP contribution < -0.4 is 0 Å². The van der Waals surface area contributed by atoms with E-state index in [1.54, 1.807) is 6.07 Å². The molecule has 148 valence electrons. The number of aliphatic carboxylic acids is 1. The predicted molar refractivity (Wildman–Crippen MR) is 106 cm³/mol. The zero-order valence-corrected chi connectivity index (χ0v) is 16.1. The zero-order chi connectivity index (χ0) is 19.7. The predicted octanol–water partition coefficient (Wildman–Crippen LogP) is 2.97. The average molecular weight is 382 g/mol. The summed E-state index contributed by atoms with van der Waals surface area (Å²) in [4.78, 5) is 29.4. The number of benzene rings is 2. The Labute approximate surface area is 164 Å². The van der Waals surface area contributed by atoms with E-state index in [4.69, 9.17) is 4.74 Å². The third kappa shape index (κ3) is 3.16. The number of nitrogens with zero attached hydrogens (tertiary/aromatic N) is 2. The molecule has 2 aliphatic rings. The van der Waals surface area contributed by atoms with E-state index in [1.165, 1.54) is 4.90 Å². The summed E-state index contributed by atoms with van der Waals surface area (Å²) >= 11 is 0. The molecule has 1 spiro atoms. The van der Waals surface area contributed by atoms with Crippen molar-refractivity contribution in [1.82, 2.24) is 9.80 Å². The maximum Gasteiger partial charge on any atom is 0.328 e. The van der Waals surface area contributed by atoms with Gasteiger partial charge in [-0.1, -0.05) is 43.3 Å². The van der Waals surface area contributed by atoms with Crippen molar-refractivity contribution in [3.8, 4) is 0 Å². The van der Waals surface area contributed by atoms with E-state index >= 15 is 0 Å². The molecule has 2 heterocycles. The van der Waals surface area contributed by atoms with Crippen molar-refractivity contribution < 1.29 is 19.4 Å². The quantitative estimate of drug-likeness (QED) is 0.880. The van der Waals surface area contributed by atoms with Gasteiger partial charge in [-0.25, -0.2) is 4.79 Å². The number of piperidine rings is 1. The minimum atomic E-state index is -1.01. The monoisotopic (exact) mass is 382 g/mol. The Morgan fingerprint density at radius 1 is 1.14 bits per heavy atom. The number of amides is 1. The third-order valence-corrected chi connectivity index (χ3v) is 5.96. The van der Waals surface area contributed by atoms with E-state index in [2.05, 4.69) is 11.8 Å². The van der Waals surface area contributed by atoms with Crippen LogP contribution in [0, 0.1) is 0 Å². The first-order chi connectivity index (χ1) is 13.6. The molecular weight excluding hydrogens is 356 g/mol. The topological polar surface area (TPSA) is 70.1 Å². The number of fused-ring (bicyclic) bond motifs is 1. The van der Waals surface area contributed by atoms with Crippen molar-refractivity contribution in [3.63, 3.8) is 0 Å². The number of hydrogen-bond acceptors (Lipinski definition) is 4. The summed E-state index contributed by atoms with van der Waals surface area (Å²) in [6, 6.07) is 12.3. The second kappa shape index (κ2) is 7.53. The molecule has 2 fully saturated rings. The summed E-state index contributed by atoms with van der Waals surface area (Å²) in [5, 5.41) is 11.6. The van der Waals surface area contributed by atoms with Gasteiger partial charge in [-0.3, -0.25) is 9.69 Å². The molecule has 2 aromatic carbocycles. The van der Waals surface area contributed by atoms with Gasteiger partial charge in [0.25, 0.3) is 5.91 Å².